The highest BCUT2D eigenvalue weighted by atomic mass is 16.5. The van der Waals surface area contributed by atoms with E-state index in [0.717, 1.165) is 55.8 Å². The minimum Gasteiger partial charge on any atom is -0.497 e. The summed E-state index contributed by atoms with van der Waals surface area (Å²) in [7, 11) is 3.51. The molecule has 0 unspecified atom stereocenters. The average molecular weight is 825 g/mol. The van der Waals surface area contributed by atoms with Gasteiger partial charge in [0.05, 0.1) is 36.3 Å². The lowest BCUT2D eigenvalue weighted by atomic mass is 9.35. The number of hydrogen-bond donors (Lipinski definition) is 0. The average Bonchev–Trinajstić information content (AvgIpc) is 3.86. The van der Waals surface area contributed by atoms with Gasteiger partial charge in [-0.3, -0.25) is 0 Å². The highest BCUT2D eigenvalue weighted by Gasteiger charge is 2.30. The second-order valence-corrected chi connectivity index (χ2v) is 16.8. The van der Waals surface area contributed by atoms with E-state index < -0.39 is 0 Å². The van der Waals surface area contributed by atoms with Crippen LogP contribution in [-0.4, -0.2) is 36.8 Å². The second-order valence-electron chi connectivity index (χ2n) is 16.8. The highest BCUT2D eigenvalue weighted by molar-refractivity contribution is 6.97. The van der Waals surface area contributed by atoms with Gasteiger partial charge in [0.25, 0.3) is 6.71 Å². The quantitative estimate of drug-likeness (QED) is 0.129. The maximum atomic E-state index is 6.05. The van der Waals surface area contributed by atoms with Crippen LogP contribution >= 0.6 is 0 Å². The third-order valence-corrected chi connectivity index (χ3v) is 13.3. The summed E-state index contributed by atoms with van der Waals surface area (Å²) in [5.74, 6) is 1.68. The van der Waals surface area contributed by atoms with Gasteiger partial charge in [0, 0.05) is 32.9 Å². The van der Waals surface area contributed by atoms with Gasteiger partial charge in [-0.25, -0.2) is 0 Å². The van der Waals surface area contributed by atoms with E-state index in [1.165, 1.54) is 54.6 Å². The van der Waals surface area contributed by atoms with Crippen molar-refractivity contribution in [2.24, 2.45) is 0 Å². The van der Waals surface area contributed by atoms with Crippen LogP contribution in [0.15, 0.2) is 206 Å². The molecule has 306 valence electrons. The van der Waals surface area contributed by atoms with E-state index in [2.05, 4.69) is 217 Å². The van der Waals surface area contributed by atoms with Gasteiger partial charge in [0.1, 0.15) is 11.5 Å². The molecule has 0 fully saturated rings. The van der Waals surface area contributed by atoms with E-state index >= 15 is 0 Å². The molecule has 64 heavy (non-hydrogen) atoms. The van der Waals surface area contributed by atoms with Crippen LogP contribution < -0.4 is 42.3 Å². The number of aryl methyl sites for hydroxylation is 2. The van der Waals surface area contributed by atoms with Crippen molar-refractivity contribution in [3.8, 4) is 22.9 Å². The first-order valence-corrected chi connectivity index (χ1v) is 22.1. The largest absolute Gasteiger partial charge is 0.497 e. The number of benzene rings is 9. The summed E-state index contributed by atoms with van der Waals surface area (Å²) in [5, 5.41) is 4.86. The number of ether oxygens (including phenoxy) is 2. The van der Waals surface area contributed by atoms with Crippen LogP contribution in [0.25, 0.3) is 55.0 Å². The Hall–Kier alpha value is -7.69. The lowest BCUT2D eigenvalue weighted by Crippen LogP contribution is -2.53. The van der Waals surface area contributed by atoms with E-state index in [1.54, 1.807) is 14.2 Å². The van der Waals surface area contributed by atoms with E-state index in [1.807, 2.05) is 12.1 Å². The molecule has 0 aliphatic rings. The Morgan fingerprint density at radius 1 is 0.344 bits per heavy atom. The SMILES string of the molecule is COc1ccccc1B(c1ccc2c(c1)c1c3c4ccccc4n(-c4cccc(B(c5ccccc5C)c5ccccc5C)c4)c3ccc1n2-c1ccccc1)c1ccccc1OC. The number of para-hydroxylation sites is 4. The Bertz CT molecular complexity index is 3440. The van der Waals surface area contributed by atoms with E-state index in [0.29, 0.717) is 0 Å². The normalized spacial score (nSPS) is 11.4. The number of methoxy groups -OCH3 is 2. The van der Waals surface area contributed by atoms with Crippen molar-refractivity contribution >= 4 is 89.8 Å². The van der Waals surface area contributed by atoms with Crippen LogP contribution in [0, 0.1) is 13.8 Å². The van der Waals surface area contributed by atoms with Gasteiger partial charge in [0.2, 0.25) is 6.71 Å². The molecular formula is C58H46B2N2O2. The molecule has 0 spiro atoms. The van der Waals surface area contributed by atoms with Crippen molar-refractivity contribution in [2.75, 3.05) is 14.2 Å². The van der Waals surface area contributed by atoms with Crippen molar-refractivity contribution in [1.29, 1.82) is 0 Å². The lowest BCUT2D eigenvalue weighted by molar-refractivity contribution is 0.417. The van der Waals surface area contributed by atoms with Crippen molar-refractivity contribution in [2.45, 2.75) is 13.8 Å². The zero-order chi connectivity index (χ0) is 43.3. The Labute approximate surface area is 375 Å². The molecule has 0 saturated carbocycles. The summed E-state index contributed by atoms with van der Waals surface area (Å²) >= 11 is 0. The number of nitrogens with zero attached hydrogens (tertiary/aromatic N) is 2. The fraction of sp³-hybridized carbons (Fsp3) is 0.0690. The van der Waals surface area contributed by atoms with Crippen molar-refractivity contribution in [1.82, 2.24) is 9.13 Å². The Balaban J connectivity index is 1.21. The number of hydrogen-bond acceptors (Lipinski definition) is 2. The molecule has 0 aliphatic carbocycles. The van der Waals surface area contributed by atoms with Crippen molar-refractivity contribution in [3.05, 3.63) is 217 Å². The minimum atomic E-state index is -0.162. The van der Waals surface area contributed by atoms with Crippen LogP contribution in [0.5, 0.6) is 11.5 Å². The number of rotatable bonds is 10. The molecule has 9 aromatic carbocycles. The monoisotopic (exact) mass is 824 g/mol. The molecule has 0 atom stereocenters. The fourth-order valence-corrected chi connectivity index (χ4v) is 10.4. The third-order valence-electron chi connectivity index (χ3n) is 13.3. The molecule has 0 N–H and O–H groups in total. The molecule has 11 aromatic rings. The number of aromatic nitrogens is 2. The maximum absolute atomic E-state index is 6.05. The molecule has 4 nitrogen and oxygen atoms in total. The van der Waals surface area contributed by atoms with Crippen LogP contribution in [0.2, 0.25) is 0 Å². The molecule has 0 radical (unpaired) electrons. The third kappa shape index (κ3) is 6.40. The predicted molar refractivity (Wildman–Crippen MR) is 273 cm³/mol. The van der Waals surface area contributed by atoms with Crippen molar-refractivity contribution in [3.63, 3.8) is 0 Å². The first-order valence-electron chi connectivity index (χ1n) is 22.1. The van der Waals surface area contributed by atoms with Crippen LogP contribution in [0.1, 0.15) is 11.1 Å². The van der Waals surface area contributed by atoms with Crippen LogP contribution in [0.4, 0.5) is 0 Å². The molecule has 0 aliphatic heterocycles. The summed E-state index contributed by atoms with van der Waals surface area (Å²) in [4.78, 5) is 0. The smallest absolute Gasteiger partial charge is 0.250 e. The summed E-state index contributed by atoms with van der Waals surface area (Å²) in [6.07, 6.45) is 0. The fourth-order valence-electron chi connectivity index (χ4n) is 10.4. The first kappa shape index (κ1) is 39.2. The molecule has 0 bridgehead atoms. The Morgan fingerprint density at radius 2 is 0.797 bits per heavy atom. The van der Waals surface area contributed by atoms with Gasteiger partial charge >= 0.3 is 0 Å². The molecule has 6 heteroatoms. The number of fused-ring (bicyclic) bond motifs is 7. The van der Waals surface area contributed by atoms with E-state index in [-0.39, 0.29) is 13.4 Å². The summed E-state index contributed by atoms with van der Waals surface area (Å²) in [5.41, 5.74) is 16.7. The van der Waals surface area contributed by atoms with Gasteiger partial charge in [-0.2, -0.15) is 0 Å². The van der Waals surface area contributed by atoms with Gasteiger partial charge in [-0.15, -0.1) is 0 Å². The van der Waals surface area contributed by atoms with Crippen LogP contribution in [0.3, 0.4) is 0 Å². The second kappa shape index (κ2) is 16.2. The van der Waals surface area contributed by atoms with E-state index in [9.17, 15) is 0 Å². The maximum Gasteiger partial charge on any atom is 0.250 e. The van der Waals surface area contributed by atoms with Gasteiger partial charge in [-0.05, 0) is 85.4 Å². The highest BCUT2D eigenvalue weighted by Crippen LogP contribution is 2.42. The zero-order valence-corrected chi connectivity index (χ0v) is 36.5. The molecule has 2 aromatic heterocycles. The lowest BCUT2D eigenvalue weighted by Gasteiger charge is -2.21. The first-order chi connectivity index (χ1) is 31.5. The summed E-state index contributed by atoms with van der Waals surface area (Å²) in [6, 6.07) is 74.9. The summed E-state index contributed by atoms with van der Waals surface area (Å²) in [6.45, 7) is 4.37. The Morgan fingerprint density at radius 3 is 1.42 bits per heavy atom. The van der Waals surface area contributed by atoms with Gasteiger partial charge < -0.3 is 18.6 Å². The molecule has 11 rings (SSSR count). The van der Waals surface area contributed by atoms with Crippen LogP contribution in [-0.2, 0) is 0 Å². The van der Waals surface area contributed by atoms with Gasteiger partial charge in [0.15, 0.2) is 0 Å². The molecule has 2 heterocycles. The minimum absolute atomic E-state index is 0.0730. The standard InChI is InChI=1S/C58H46B2N2O2/c1-39-19-8-11-26-47(39)59(48-27-12-9-20-40(48)2)41-21-18-24-44(37-41)62-51-30-15-10-25-45(51)57-53(62)35-36-54-58(57)46-38-42(33-34-52(46)61(54)43-22-6-5-7-23-43)60(49-28-13-16-31-55(49)63-3)50-29-14-17-32-56(50)64-4/h5-38H,1-4H3. The Kier molecular flexibility index (Phi) is 9.92. The van der Waals surface area contributed by atoms with Crippen molar-refractivity contribution < 1.29 is 9.47 Å². The molecule has 0 saturated heterocycles. The molecular weight excluding hydrogens is 778 g/mol. The zero-order valence-electron chi connectivity index (χ0n) is 36.5. The summed E-state index contributed by atoms with van der Waals surface area (Å²) < 4.78 is 17.0. The molecule has 0 amide bonds. The van der Waals surface area contributed by atoms with E-state index in [4.69, 9.17) is 9.47 Å². The van der Waals surface area contributed by atoms with Gasteiger partial charge in [-0.1, -0.05) is 179 Å². The predicted octanol–water partition coefficient (Wildman–Crippen LogP) is 9.55. The topological polar surface area (TPSA) is 28.3 Å².